The number of aromatic nitrogens is 4. The lowest BCUT2D eigenvalue weighted by Gasteiger charge is -2.18. The summed E-state index contributed by atoms with van der Waals surface area (Å²) in [5.41, 5.74) is 1.45. The van der Waals surface area contributed by atoms with Gasteiger partial charge in [-0.15, -0.1) is 16.4 Å². The predicted molar refractivity (Wildman–Crippen MR) is 89.8 cm³/mol. The van der Waals surface area contributed by atoms with Gasteiger partial charge in [-0.1, -0.05) is 6.07 Å². The van der Waals surface area contributed by atoms with Crippen molar-refractivity contribution in [2.75, 3.05) is 7.05 Å². The van der Waals surface area contributed by atoms with E-state index >= 15 is 0 Å². The summed E-state index contributed by atoms with van der Waals surface area (Å²) < 4.78 is 39.5. The highest BCUT2D eigenvalue weighted by Crippen LogP contribution is 2.27. The van der Waals surface area contributed by atoms with Gasteiger partial charge in [0.15, 0.2) is 0 Å². The zero-order chi connectivity index (χ0) is 19.1. The van der Waals surface area contributed by atoms with Gasteiger partial charge < -0.3 is 4.90 Å². The second kappa shape index (κ2) is 6.67. The maximum Gasteiger partial charge on any atom is 0.453 e. The van der Waals surface area contributed by atoms with E-state index in [9.17, 15) is 18.0 Å². The van der Waals surface area contributed by atoms with Gasteiger partial charge >= 0.3 is 6.18 Å². The lowest BCUT2D eigenvalue weighted by atomic mass is 10.1. The van der Waals surface area contributed by atoms with Gasteiger partial charge in [0.2, 0.25) is 5.91 Å². The molecule has 0 aliphatic heterocycles. The lowest BCUT2D eigenvalue weighted by molar-refractivity contribution is -0.144. The summed E-state index contributed by atoms with van der Waals surface area (Å²) in [6.07, 6.45) is -4.62. The zero-order valence-electron chi connectivity index (χ0n) is 14.3. The topological polar surface area (TPSA) is 63.4 Å². The Morgan fingerprint density at radius 1 is 1.31 bits per heavy atom. The fourth-order valence-electron chi connectivity index (χ4n) is 2.59. The number of carbonyl (C=O) groups is 1. The molecule has 3 aromatic rings. The van der Waals surface area contributed by atoms with Crippen molar-refractivity contribution < 1.29 is 18.0 Å². The Labute approximate surface area is 151 Å². The van der Waals surface area contributed by atoms with E-state index in [1.165, 1.54) is 0 Å². The third-order valence-corrected chi connectivity index (χ3v) is 4.89. The van der Waals surface area contributed by atoms with Crippen LogP contribution in [0.15, 0.2) is 17.5 Å². The molecule has 0 saturated heterocycles. The molecule has 0 saturated carbocycles. The number of thiophene rings is 1. The standard InChI is InChI=1S/C16H16F3N5OS/c1-9-12(7-13(25)23(3)8-11-5-4-6-26-11)10(2)24-15(20-9)21-14(22-24)16(17,18)19/h4-6H,7-8H2,1-3H3. The molecule has 26 heavy (non-hydrogen) atoms. The summed E-state index contributed by atoms with van der Waals surface area (Å²) in [6, 6.07) is 3.85. The van der Waals surface area contributed by atoms with Crippen LogP contribution in [-0.4, -0.2) is 37.4 Å². The second-order valence-electron chi connectivity index (χ2n) is 5.91. The summed E-state index contributed by atoms with van der Waals surface area (Å²) in [4.78, 5) is 22.7. The van der Waals surface area contributed by atoms with E-state index in [4.69, 9.17) is 0 Å². The van der Waals surface area contributed by atoms with Crippen molar-refractivity contribution in [3.63, 3.8) is 0 Å². The molecule has 0 spiro atoms. The highest BCUT2D eigenvalue weighted by Gasteiger charge is 2.37. The van der Waals surface area contributed by atoms with Crippen molar-refractivity contribution >= 4 is 23.0 Å². The van der Waals surface area contributed by atoms with E-state index < -0.39 is 12.0 Å². The van der Waals surface area contributed by atoms with Crippen LogP contribution in [0.2, 0.25) is 0 Å². The molecule has 138 valence electrons. The fraction of sp³-hybridized carbons (Fsp3) is 0.375. The average molecular weight is 383 g/mol. The van der Waals surface area contributed by atoms with Crippen LogP contribution in [0.5, 0.6) is 0 Å². The molecule has 0 aromatic carbocycles. The molecule has 0 N–H and O–H groups in total. The number of alkyl halides is 3. The Morgan fingerprint density at radius 2 is 2.04 bits per heavy atom. The smallest absolute Gasteiger partial charge is 0.340 e. The van der Waals surface area contributed by atoms with Crippen molar-refractivity contribution in [1.82, 2.24) is 24.5 Å². The largest absolute Gasteiger partial charge is 0.453 e. The van der Waals surface area contributed by atoms with Crippen molar-refractivity contribution in [3.8, 4) is 0 Å². The Morgan fingerprint density at radius 3 is 2.65 bits per heavy atom. The Balaban J connectivity index is 1.88. The minimum atomic E-state index is -4.65. The molecule has 1 amide bonds. The van der Waals surface area contributed by atoms with E-state index in [1.54, 1.807) is 37.1 Å². The van der Waals surface area contributed by atoms with Crippen LogP contribution < -0.4 is 0 Å². The number of likely N-dealkylation sites (N-methyl/N-ethyl adjacent to an activating group) is 1. The molecule has 0 unspecified atom stereocenters. The third-order valence-electron chi connectivity index (χ3n) is 4.03. The van der Waals surface area contributed by atoms with Gasteiger partial charge in [0, 0.05) is 28.9 Å². The molecule has 0 aliphatic carbocycles. The van der Waals surface area contributed by atoms with Crippen molar-refractivity contribution in [1.29, 1.82) is 0 Å². The minimum absolute atomic E-state index is 0.0314. The maximum absolute atomic E-state index is 12.8. The molecule has 0 aliphatic rings. The predicted octanol–water partition coefficient (Wildman–Crippen LogP) is 3.02. The van der Waals surface area contributed by atoms with Crippen LogP contribution in [0.25, 0.3) is 5.78 Å². The first-order valence-electron chi connectivity index (χ1n) is 7.73. The van der Waals surface area contributed by atoms with Gasteiger partial charge in [-0.2, -0.15) is 18.2 Å². The quantitative estimate of drug-likeness (QED) is 0.695. The van der Waals surface area contributed by atoms with E-state index in [2.05, 4.69) is 15.1 Å². The van der Waals surface area contributed by atoms with Crippen molar-refractivity contribution in [2.45, 2.75) is 33.0 Å². The van der Waals surface area contributed by atoms with Gasteiger partial charge in [0.05, 0.1) is 13.0 Å². The van der Waals surface area contributed by atoms with Gasteiger partial charge in [0.1, 0.15) is 0 Å². The highest BCUT2D eigenvalue weighted by atomic mass is 32.1. The minimum Gasteiger partial charge on any atom is -0.340 e. The number of hydrogen-bond donors (Lipinski definition) is 0. The number of nitrogens with zero attached hydrogens (tertiary/aromatic N) is 5. The molecular weight excluding hydrogens is 367 g/mol. The molecular formula is C16H16F3N5OS. The van der Waals surface area contributed by atoms with Crippen molar-refractivity contribution in [2.24, 2.45) is 0 Å². The van der Waals surface area contributed by atoms with Crippen molar-refractivity contribution in [3.05, 3.63) is 45.2 Å². The number of amides is 1. The van der Waals surface area contributed by atoms with Gasteiger partial charge in [0.25, 0.3) is 11.6 Å². The Bertz CT molecular complexity index is 949. The van der Waals surface area contributed by atoms with Crippen LogP contribution in [-0.2, 0) is 23.9 Å². The lowest BCUT2D eigenvalue weighted by Crippen LogP contribution is -2.28. The number of halogens is 3. The molecule has 3 aromatic heterocycles. The maximum atomic E-state index is 12.8. The number of carbonyl (C=O) groups excluding carboxylic acids is 1. The Hall–Kier alpha value is -2.49. The van der Waals surface area contributed by atoms with Crippen LogP contribution in [0.4, 0.5) is 13.2 Å². The highest BCUT2D eigenvalue weighted by molar-refractivity contribution is 7.09. The number of rotatable bonds is 4. The van der Waals surface area contributed by atoms with Crippen LogP contribution in [0, 0.1) is 13.8 Å². The number of fused-ring (bicyclic) bond motifs is 1. The van der Waals surface area contributed by atoms with Gasteiger partial charge in [-0.05, 0) is 25.3 Å². The molecule has 0 fully saturated rings. The first kappa shape index (κ1) is 18.3. The van der Waals surface area contributed by atoms with Gasteiger partial charge in [-0.3, -0.25) is 4.79 Å². The first-order chi connectivity index (χ1) is 12.2. The average Bonchev–Trinajstić information content (AvgIpc) is 3.20. The van der Waals surface area contributed by atoms with E-state index in [-0.39, 0.29) is 18.1 Å². The molecule has 10 heteroatoms. The Kier molecular flexibility index (Phi) is 4.70. The molecule has 6 nitrogen and oxygen atoms in total. The van der Waals surface area contributed by atoms with Crippen LogP contribution in [0.3, 0.4) is 0 Å². The van der Waals surface area contributed by atoms with Crippen LogP contribution >= 0.6 is 11.3 Å². The summed E-state index contributed by atoms with van der Waals surface area (Å²) in [5, 5.41) is 5.43. The molecule has 0 atom stereocenters. The van der Waals surface area contributed by atoms with Gasteiger partial charge in [-0.25, -0.2) is 9.50 Å². The van der Waals surface area contributed by atoms with E-state index in [0.29, 0.717) is 23.5 Å². The van der Waals surface area contributed by atoms with E-state index in [1.807, 2.05) is 17.5 Å². The normalized spacial score (nSPS) is 11.9. The number of aryl methyl sites for hydroxylation is 2. The summed E-state index contributed by atoms with van der Waals surface area (Å²) in [7, 11) is 1.69. The van der Waals surface area contributed by atoms with E-state index in [0.717, 1.165) is 9.39 Å². The molecule has 3 heterocycles. The second-order valence-corrected chi connectivity index (χ2v) is 6.94. The summed E-state index contributed by atoms with van der Waals surface area (Å²) in [5.74, 6) is -1.52. The zero-order valence-corrected chi connectivity index (χ0v) is 15.1. The number of hydrogen-bond acceptors (Lipinski definition) is 5. The third kappa shape index (κ3) is 3.55. The molecule has 0 bridgehead atoms. The van der Waals surface area contributed by atoms with Crippen LogP contribution in [0.1, 0.15) is 27.7 Å². The molecule has 3 rings (SSSR count). The summed E-state index contributed by atoms with van der Waals surface area (Å²) in [6.45, 7) is 3.74. The first-order valence-corrected chi connectivity index (χ1v) is 8.61. The SMILES string of the molecule is Cc1nc2nc(C(F)(F)F)nn2c(C)c1CC(=O)N(C)Cc1cccs1. The summed E-state index contributed by atoms with van der Waals surface area (Å²) >= 11 is 1.55. The monoisotopic (exact) mass is 383 g/mol. The fourth-order valence-corrected chi connectivity index (χ4v) is 3.35. The molecule has 0 radical (unpaired) electrons.